The van der Waals surface area contributed by atoms with E-state index in [0.29, 0.717) is 11.1 Å². The third-order valence-corrected chi connectivity index (χ3v) is 3.93. The maximum Gasteiger partial charge on any atom is 0.196 e. The van der Waals surface area contributed by atoms with E-state index in [1.165, 1.54) is 6.07 Å². The van der Waals surface area contributed by atoms with E-state index in [2.05, 4.69) is 0 Å². The Morgan fingerprint density at radius 3 is 2.44 bits per heavy atom. The van der Waals surface area contributed by atoms with Crippen molar-refractivity contribution in [3.05, 3.63) is 67.8 Å². The molecule has 92 valence electrons. The van der Waals surface area contributed by atoms with Gasteiger partial charge in [0.15, 0.2) is 5.78 Å². The molecule has 2 aromatic carbocycles. The van der Waals surface area contributed by atoms with Crippen molar-refractivity contribution < 1.29 is 13.6 Å². The molecule has 0 aliphatic rings. The van der Waals surface area contributed by atoms with E-state index in [1.807, 2.05) is 22.6 Å². The SMILES string of the molecule is O=C(c1ccc(I)c(Cl)c1)c1ccc(F)cc1F. The van der Waals surface area contributed by atoms with Crippen molar-refractivity contribution in [2.75, 3.05) is 0 Å². The second-order valence-electron chi connectivity index (χ2n) is 3.58. The fourth-order valence-corrected chi connectivity index (χ4v) is 1.98. The Morgan fingerprint density at radius 1 is 1.11 bits per heavy atom. The topological polar surface area (TPSA) is 17.1 Å². The van der Waals surface area contributed by atoms with E-state index in [-0.39, 0.29) is 11.1 Å². The zero-order valence-corrected chi connectivity index (χ0v) is 11.8. The molecular formula is C13H6ClF2IO. The van der Waals surface area contributed by atoms with Crippen LogP contribution in [0.1, 0.15) is 15.9 Å². The van der Waals surface area contributed by atoms with Crippen LogP contribution in [-0.2, 0) is 0 Å². The summed E-state index contributed by atoms with van der Waals surface area (Å²) >= 11 is 7.92. The molecule has 0 radical (unpaired) electrons. The van der Waals surface area contributed by atoms with Crippen molar-refractivity contribution in [1.29, 1.82) is 0 Å². The molecule has 0 amide bonds. The van der Waals surface area contributed by atoms with Gasteiger partial charge in [0.2, 0.25) is 0 Å². The third-order valence-electron chi connectivity index (χ3n) is 2.36. The Labute approximate surface area is 121 Å². The molecule has 0 fully saturated rings. The summed E-state index contributed by atoms with van der Waals surface area (Å²) in [4.78, 5) is 12.0. The molecular weight excluding hydrogens is 372 g/mol. The first kappa shape index (κ1) is 13.4. The maximum atomic E-state index is 13.5. The first-order chi connectivity index (χ1) is 8.49. The van der Waals surface area contributed by atoms with Crippen LogP contribution in [0.15, 0.2) is 36.4 Å². The van der Waals surface area contributed by atoms with Gasteiger partial charge in [-0.1, -0.05) is 11.6 Å². The predicted molar refractivity (Wildman–Crippen MR) is 74.0 cm³/mol. The molecule has 0 atom stereocenters. The molecule has 1 nitrogen and oxygen atoms in total. The van der Waals surface area contributed by atoms with Gasteiger partial charge >= 0.3 is 0 Å². The molecule has 2 rings (SSSR count). The van der Waals surface area contributed by atoms with Crippen LogP contribution >= 0.6 is 34.2 Å². The average Bonchev–Trinajstić information content (AvgIpc) is 2.32. The minimum absolute atomic E-state index is 0.173. The minimum atomic E-state index is -0.880. The quantitative estimate of drug-likeness (QED) is 0.557. The fourth-order valence-electron chi connectivity index (χ4n) is 1.47. The summed E-state index contributed by atoms with van der Waals surface area (Å²) in [6.07, 6.45) is 0. The Kier molecular flexibility index (Phi) is 3.97. The molecule has 0 aromatic heterocycles. The normalized spacial score (nSPS) is 10.4. The molecule has 18 heavy (non-hydrogen) atoms. The minimum Gasteiger partial charge on any atom is -0.288 e. The highest BCUT2D eigenvalue weighted by Crippen LogP contribution is 2.22. The van der Waals surface area contributed by atoms with Crippen LogP contribution in [0.25, 0.3) is 0 Å². The van der Waals surface area contributed by atoms with Gasteiger partial charge in [0.1, 0.15) is 11.6 Å². The van der Waals surface area contributed by atoms with Crippen LogP contribution in [0.2, 0.25) is 5.02 Å². The van der Waals surface area contributed by atoms with Gasteiger partial charge in [0.05, 0.1) is 10.6 Å². The molecule has 0 aliphatic heterocycles. The Bertz CT molecular complexity index is 628. The lowest BCUT2D eigenvalue weighted by molar-refractivity contribution is 0.103. The number of carbonyl (C=O) groups is 1. The molecule has 0 saturated carbocycles. The Morgan fingerprint density at radius 2 is 1.83 bits per heavy atom. The van der Waals surface area contributed by atoms with E-state index >= 15 is 0 Å². The number of ketones is 1. The number of rotatable bonds is 2. The average molecular weight is 379 g/mol. The van der Waals surface area contributed by atoms with Gasteiger partial charge in [-0.3, -0.25) is 4.79 Å². The zero-order valence-electron chi connectivity index (χ0n) is 8.88. The first-order valence-corrected chi connectivity index (χ1v) is 6.39. The van der Waals surface area contributed by atoms with Gasteiger partial charge in [-0.2, -0.15) is 0 Å². The number of hydrogen-bond acceptors (Lipinski definition) is 1. The van der Waals surface area contributed by atoms with Crippen LogP contribution in [0, 0.1) is 15.2 Å². The summed E-state index contributed by atoms with van der Waals surface area (Å²) in [6.45, 7) is 0. The summed E-state index contributed by atoms with van der Waals surface area (Å²) in [6, 6.07) is 7.54. The largest absolute Gasteiger partial charge is 0.288 e. The van der Waals surface area contributed by atoms with Gasteiger partial charge < -0.3 is 0 Å². The van der Waals surface area contributed by atoms with E-state index in [4.69, 9.17) is 11.6 Å². The molecule has 0 aliphatic carbocycles. The van der Waals surface area contributed by atoms with Crippen molar-refractivity contribution in [1.82, 2.24) is 0 Å². The first-order valence-electron chi connectivity index (χ1n) is 4.94. The van der Waals surface area contributed by atoms with Gasteiger partial charge in [-0.15, -0.1) is 0 Å². The van der Waals surface area contributed by atoms with Crippen molar-refractivity contribution in [3.8, 4) is 0 Å². The van der Waals surface area contributed by atoms with E-state index in [0.717, 1.165) is 15.7 Å². The van der Waals surface area contributed by atoms with Gasteiger partial charge in [0.25, 0.3) is 0 Å². The summed E-state index contributed by atoms with van der Waals surface area (Å²) in [5.41, 5.74) is 0.0969. The highest BCUT2D eigenvalue weighted by Gasteiger charge is 2.15. The predicted octanol–water partition coefficient (Wildman–Crippen LogP) is 4.45. The summed E-state index contributed by atoms with van der Waals surface area (Å²) in [5.74, 6) is -2.12. The second kappa shape index (κ2) is 5.32. The monoisotopic (exact) mass is 378 g/mol. The van der Waals surface area contributed by atoms with E-state index < -0.39 is 17.4 Å². The lowest BCUT2D eigenvalue weighted by atomic mass is 10.0. The highest BCUT2D eigenvalue weighted by molar-refractivity contribution is 14.1. The summed E-state index contributed by atoms with van der Waals surface area (Å²) in [7, 11) is 0. The van der Waals surface area contributed by atoms with E-state index in [1.54, 1.807) is 12.1 Å². The third kappa shape index (κ3) is 2.70. The number of carbonyl (C=O) groups excluding carboxylic acids is 1. The lowest BCUT2D eigenvalue weighted by Gasteiger charge is -2.04. The molecule has 5 heteroatoms. The summed E-state index contributed by atoms with van der Waals surface area (Å²) < 4.78 is 27.0. The molecule has 0 saturated heterocycles. The second-order valence-corrected chi connectivity index (χ2v) is 5.15. The Balaban J connectivity index is 2.44. The smallest absolute Gasteiger partial charge is 0.196 e. The van der Waals surface area contributed by atoms with Gasteiger partial charge in [-0.05, 0) is 52.9 Å². The van der Waals surface area contributed by atoms with Crippen LogP contribution in [-0.4, -0.2) is 5.78 Å². The van der Waals surface area contributed by atoms with Crippen molar-refractivity contribution >= 4 is 40.0 Å². The summed E-state index contributed by atoms with van der Waals surface area (Å²) in [5, 5.41) is 0.420. The van der Waals surface area contributed by atoms with Gasteiger partial charge in [-0.25, -0.2) is 8.78 Å². The van der Waals surface area contributed by atoms with Crippen LogP contribution in [0.5, 0.6) is 0 Å². The fraction of sp³-hybridized carbons (Fsp3) is 0. The van der Waals surface area contributed by atoms with Crippen molar-refractivity contribution in [2.45, 2.75) is 0 Å². The lowest BCUT2D eigenvalue weighted by Crippen LogP contribution is -2.04. The van der Waals surface area contributed by atoms with Crippen LogP contribution in [0.4, 0.5) is 8.78 Å². The molecule has 0 bridgehead atoms. The van der Waals surface area contributed by atoms with Crippen molar-refractivity contribution in [2.24, 2.45) is 0 Å². The molecule has 0 heterocycles. The number of halogens is 4. The molecule has 2 aromatic rings. The number of benzene rings is 2. The molecule has 0 N–H and O–H groups in total. The van der Waals surface area contributed by atoms with E-state index in [9.17, 15) is 13.6 Å². The standard InChI is InChI=1S/C13H6ClF2IO/c14-10-5-7(1-4-12(10)17)13(18)9-3-2-8(15)6-11(9)16/h1-6H. The highest BCUT2D eigenvalue weighted by atomic mass is 127. The number of hydrogen-bond donors (Lipinski definition) is 0. The van der Waals surface area contributed by atoms with Crippen LogP contribution < -0.4 is 0 Å². The Hall–Kier alpha value is -1.01. The zero-order chi connectivity index (χ0) is 13.3. The molecule has 0 spiro atoms. The molecule has 0 unspecified atom stereocenters. The van der Waals surface area contributed by atoms with Crippen LogP contribution in [0.3, 0.4) is 0 Å². The maximum absolute atomic E-state index is 13.5. The van der Waals surface area contributed by atoms with Crippen molar-refractivity contribution in [3.63, 3.8) is 0 Å². The van der Waals surface area contributed by atoms with Gasteiger partial charge in [0, 0.05) is 15.2 Å².